The Morgan fingerprint density at radius 3 is 2.41 bits per heavy atom. The minimum atomic E-state index is -0.316. The van der Waals surface area contributed by atoms with Crippen LogP contribution in [0.15, 0.2) is 54.6 Å². The quantitative estimate of drug-likeness (QED) is 0.464. The van der Waals surface area contributed by atoms with Crippen LogP contribution in [-0.4, -0.2) is 23.4 Å². The molecule has 1 saturated carbocycles. The summed E-state index contributed by atoms with van der Waals surface area (Å²) in [6, 6.07) is 19.2. The molecule has 0 aliphatic heterocycles. The number of amides is 2. The van der Waals surface area contributed by atoms with E-state index in [2.05, 4.69) is 5.43 Å². The van der Waals surface area contributed by atoms with Crippen LogP contribution in [0.2, 0.25) is 0 Å². The minimum Gasteiger partial charge on any atom is -0.489 e. The van der Waals surface area contributed by atoms with Gasteiger partial charge in [-0.3, -0.25) is 15.0 Å². The van der Waals surface area contributed by atoms with E-state index in [9.17, 15) is 9.59 Å². The van der Waals surface area contributed by atoms with Crippen LogP contribution in [0.4, 0.5) is 0 Å². The Morgan fingerprint density at radius 2 is 1.72 bits per heavy atom. The van der Waals surface area contributed by atoms with E-state index in [-0.39, 0.29) is 24.8 Å². The zero-order valence-corrected chi connectivity index (χ0v) is 18.5. The molecule has 0 radical (unpaired) electrons. The fourth-order valence-electron chi connectivity index (χ4n) is 4.02. The molecule has 0 spiro atoms. The van der Waals surface area contributed by atoms with Gasteiger partial charge >= 0.3 is 0 Å². The minimum absolute atomic E-state index is 0.122. The number of nitrogens with one attached hydrogen (secondary N) is 1. The largest absolute Gasteiger partial charge is 0.489 e. The van der Waals surface area contributed by atoms with E-state index in [4.69, 9.17) is 10.00 Å². The van der Waals surface area contributed by atoms with Crippen LogP contribution in [0.3, 0.4) is 0 Å². The molecule has 1 aliphatic rings. The van der Waals surface area contributed by atoms with E-state index in [0.29, 0.717) is 18.9 Å². The summed E-state index contributed by atoms with van der Waals surface area (Å²) in [5.41, 5.74) is 4.50. The lowest BCUT2D eigenvalue weighted by atomic mass is 9.86. The highest BCUT2D eigenvalue weighted by molar-refractivity contribution is 5.83. The van der Waals surface area contributed by atoms with Crippen LogP contribution in [0.5, 0.6) is 5.75 Å². The molecule has 2 aromatic rings. The van der Waals surface area contributed by atoms with Gasteiger partial charge in [-0.05, 0) is 35.6 Å². The molecule has 2 aromatic carbocycles. The fraction of sp³-hybridized carbons (Fsp3) is 0.423. The predicted molar refractivity (Wildman–Crippen MR) is 122 cm³/mol. The molecule has 0 saturated heterocycles. The molecule has 0 atom stereocenters. The van der Waals surface area contributed by atoms with Crippen LogP contribution in [0.25, 0.3) is 0 Å². The molecule has 1 aliphatic carbocycles. The second kappa shape index (κ2) is 12.5. The van der Waals surface area contributed by atoms with Crippen molar-refractivity contribution < 1.29 is 14.3 Å². The first-order valence-electron chi connectivity index (χ1n) is 11.4. The van der Waals surface area contributed by atoms with Gasteiger partial charge in [-0.15, -0.1) is 0 Å². The average molecular weight is 434 g/mol. The van der Waals surface area contributed by atoms with Crippen molar-refractivity contribution in [1.29, 1.82) is 5.26 Å². The number of hydrazine groups is 1. The number of hydrogen-bond donors (Lipinski definition) is 1. The predicted octanol–water partition coefficient (Wildman–Crippen LogP) is 4.55. The molecule has 168 valence electrons. The van der Waals surface area contributed by atoms with Crippen molar-refractivity contribution in [3.05, 3.63) is 65.7 Å². The Bertz CT molecular complexity index is 900. The van der Waals surface area contributed by atoms with Crippen molar-refractivity contribution in [2.45, 2.75) is 58.0 Å². The van der Waals surface area contributed by atoms with Crippen molar-refractivity contribution in [3.8, 4) is 11.8 Å². The molecule has 2 amide bonds. The van der Waals surface area contributed by atoms with Crippen molar-refractivity contribution in [3.63, 3.8) is 0 Å². The Morgan fingerprint density at radius 1 is 1.00 bits per heavy atom. The monoisotopic (exact) mass is 433 g/mol. The second-order valence-corrected chi connectivity index (χ2v) is 8.31. The lowest BCUT2D eigenvalue weighted by Crippen LogP contribution is -2.47. The van der Waals surface area contributed by atoms with Gasteiger partial charge in [0.1, 0.15) is 18.9 Å². The van der Waals surface area contributed by atoms with Gasteiger partial charge in [0, 0.05) is 6.42 Å². The van der Waals surface area contributed by atoms with E-state index < -0.39 is 0 Å². The first-order chi connectivity index (χ1) is 15.6. The first-order valence-corrected chi connectivity index (χ1v) is 11.4. The van der Waals surface area contributed by atoms with Crippen molar-refractivity contribution >= 4 is 11.8 Å². The second-order valence-electron chi connectivity index (χ2n) is 8.31. The van der Waals surface area contributed by atoms with Gasteiger partial charge in [0.05, 0.1) is 12.5 Å². The Balaban J connectivity index is 1.45. The van der Waals surface area contributed by atoms with E-state index in [1.165, 1.54) is 32.1 Å². The molecule has 0 heterocycles. The van der Waals surface area contributed by atoms with Crippen molar-refractivity contribution in [1.82, 2.24) is 10.4 Å². The maximum absolute atomic E-state index is 12.5. The summed E-state index contributed by atoms with van der Waals surface area (Å²) in [6.07, 6.45) is 7.38. The summed E-state index contributed by atoms with van der Waals surface area (Å²) in [7, 11) is 0. The number of nitriles is 1. The summed E-state index contributed by atoms with van der Waals surface area (Å²) >= 11 is 0. The number of hydrogen-bond acceptors (Lipinski definition) is 4. The number of ether oxygens (including phenoxy) is 1. The van der Waals surface area contributed by atoms with Crippen LogP contribution >= 0.6 is 0 Å². The molecule has 6 heteroatoms. The zero-order chi connectivity index (χ0) is 22.6. The van der Waals surface area contributed by atoms with Gasteiger partial charge in [-0.2, -0.15) is 5.26 Å². The number of rotatable bonds is 9. The molecular weight excluding hydrogens is 402 g/mol. The molecule has 0 unspecified atom stereocenters. The van der Waals surface area contributed by atoms with Crippen LogP contribution < -0.4 is 10.2 Å². The fourth-order valence-corrected chi connectivity index (χ4v) is 4.02. The van der Waals surface area contributed by atoms with E-state index >= 15 is 0 Å². The highest BCUT2D eigenvalue weighted by Crippen LogP contribution is 2.27. The van der Waals surface area contributed by atoms with Gasteiger partial charge < -0.3 is 4.74 Å². The van der Waals surface area contributed by atoms with E-state index in [0.717, 1.165) is 28.3 Å². The van der Waals surface area contributed by atoms with E-state index in [1.54, 1.807) is 0 Å². The number of carbonyl (C=O) groups excluding carboxylic acids is 2. The topological polar surface area (TPSA) is 82.4 Å². The maximum atomic E-state index is 12.5. The van der Waals surface area contributed by atoms with Crippen molar-refractivity contribution in [2.24, 2.45) is 5.92 Å². The Kier molecular flexibility index (Phi) is 9.12. The third-order valence-corrected chi connectivity index (χ3v) is 5.82. The molecular formula is C26H31N3O3. The summed E-state index contributed by atoms with van der Waals surface area (Å²) < 4.78 is 5.77. The van der Waals surface area contributed by atoms with Crippen LogP contribution in [-0.2, 0) is 22.6 Å². The zero-order valence-electron chi connectivity index (χ0n) is 18.5. The summed E-state index contributed by atoms with van der Waals surface area (Å²) in [6.45, 7) is 0.328. The van der Waals surface area contributed by atoms with E-state index in [1.807, 2.05) is 60.7 Å². The van der Waals surface area contributed by atoms with Gasteiger partial charge in [0.25, 0.3) is 0 Å². The molecule has 0 bridgehead atoms. The third kappa shape index (κ3) is 7.73. The molecule has 6 nitrogen and oxygen atoms in total. The van der Waals surface area contributed by atoms with Crippen LogP contribution in [0, 0.1) is 17.2 Å². The summed E-state index contributed by atoms with van der Waals surface area (Å²) in [4.78, 5) is 25.0. The molecule has 3 rings (SSSR count). The van der Waals surface area contributed by atoms with Crippen LogP contribution in [0.1, 0.15) is 56.1 Å². The smallest absolute Gasteiger partial charge is 0.243 e. The highest BCUT2D eigenvalue weighted by atomic mass is 16.5. The molecule has 1 N–H and O–H groups in total. The lowest BCUT2D eigenvalue weighted by molar-refractivity contribution is -0.140. The third-order valence-electron chi connectivity index (χ3n) is 5.82. The average Bonchev–Trinajstić information content (AvgIpc) is 2.83. The van der Waals surface area contributed by atoms with Gasteiger partial charge in [0.2, 0.25) is 11.8 Å². The molecule has 32 heavy (non-hydrogen) atoms. The first kappa shape index (κ1) is 23.3. The summed E-state index contributed by atoms with van der Waals surface area (Å²) in [5, 5.41) is 10.2. The number of carbonyl (C=O) groups is 2. The van der Waals surface area contributed by atoms with Crippen molar-refractivity contribution in [2.75, 3.05) is 6.54 Å². The molecule has 0 aromatic heterocycles. The molecule has 1 fully saturated rings. The lowest BCUT2D eigenvalue weighted by Gasteiger charge is -2.24. The summed E-state index contributed by atoms with van der Waals surface area (Å²) in [5.74, 6) is 0.788. The van der Waals surface area contributed by atoms with Gasteiger partial charge in [0.15, 0.2) is 0 Å². The normalized spacial score (nSPS) is 13.7. The standard InChI is InChI=1S/C26H31N3O3/c27-17-18-29(26(31)16-13-21-7-3-1-4-8-21)28-25(30)19-22-11-14-24(15-12-22)32-20-23-9-5-2-6-10-23/h2,5-6,9-12,14-15,21H,1,3-4,7-8,13,16,18-20H2,(H,28,30). The Hall–Kier alpha value is -3.33. The highest BCUT2D eigenvalue weighted by Gasteiger charge is 2.19. The van der Waals surface area contributed by atoms with Gasteiger partial charge in [-0.25, -0.2) is 5.01 Å². The SMILES string of the molecule is N#CCN(NC(=O)Cc1ccc(OCc2ccccc2)cc1)C(=O)CCC1CCCCC1. The number of nitrogens with zero attached hydrogens (tertiary/aromatic N) is 2. The maximum Gasteiger partial charge on any atom is 0.243 e. The Labute approximate surface area is 190 Å². The van der Waals surface area contributed by atoms with Gasteiger partial charge in [-0.1, -0.05) is 74.6 Å². The number of benzene rings is 2.